The molecule has 118 valence electrons. The van der Waals surface area contributed by atoms with Crippen LogP contribution >= 0.6 is 0 Å². The molecule has 0 aliphatic heterocycles. The zero-order chi connectivity index (χ0) is 16.1. The zero-order valence-electron chi connectivity index (χ0n) is 12.7. The van der Waals surface area contributed by atoms with Gasteiger partial charge >= 0.3 is 0 Å². The molecule has 7 heteroatoms. The Kier molecular flexibility index (Phi) is 4.46. The molecule has 1 unspecified atom stereocenters. The summed E-state index contributed by atoms with van der Waals surface area (Å²) in [5, 5.41) is 14.7. The Balaban J connectivity index is 1.73. The molecule has 1 atom stereocenters. The van der Waals surface area contributed by atoms with Crippen molar-refractivity contribution in [1.29, 1.82) is 0 Å². The van der Waals surface area contributed by atoms with Gasteiger partial charge in [-0.2, -0.15) is 5.10 Å². The summed E-state index contributed by atoms with van der Waals surface area (Å²) >= 11 is 0. The third kappa shape index (κ3) is 3.82. The van der Waals surface area contributed by atoms with Crippen molar-refractivity contribution in [1.82, 2.24) is 25.4 Å². The summed E-state index contributed by atoms with van der Waals surface area (Å²) in [5.41, 5.74) is 2.20. The molecule has 1 aromatic carbocycles. The van der Waals surface area contributed by atoms with Crippen LogP contribution in [-0.4, -0.2) is 26.0 Å². The molecule has 3 aromatic rings. The Morgan fingerprint density at radius 1 is 1.26 bits per heavy atom. The van der Waals surface area contributed by atoms with Gasteiger partial charge in [-0.1, -0.05) is 40.6 Å². The summed E-state index contributed by atoms with van der Waals surface area (Å²) in [7, 11) is 0. The average molecular weight is 311 g/mol. The van der Waals surface area contributed by atoms with Crippen molar-refractivity contribution in [3.05, 3.63) is 65.7 Å². The number of hydrogen-bond donors (Lipinski definition) is 1. The third-order valence-electron chi connectivity index (χ3n) is 3.54. The van der Waals surface area contributed by atoms with Gasteiger partial charge in [0.15, 0.2) is 0 Å². The van der Waals surface area contributed by atoms with E-state index in [1.807, 2.05) is 42.6 Å². The van der Waals surface area contributed by atoms with Gasteiger partial charge in [0.25, 0.3) is 0 Å². The summed E-state index contributed by atoms with van der Waals surface area (Å²) < 4.78 is 6.42. The van der Waals surface area contributed by atoms with Gasteiger partial charge in [0.1, 0.15) is 11.4 Å². The number of aromatic nitrogens is 4. The van der Waals surface area contributed by atoms with Gasteiger partial charge in [-0.25, -0.2) is 4.63 Å². The van der Waals surface area contributed by atoms with Crippen LogP contribution in [0.3, 0.4) is 0 Å². The standard InChI is InChI=1S/C16H17N5O2/c1-12-14(20-23-19-12)10-16(22)18-15(11-21-9-5-8-17-21)13-6-3-2-4-7-13/h2-9,15H,10-11H2,1H3,(H,18,22). The van der Waals surface area contributed by atoms with Crippen molar-refractivity contribution in [3.8, 4) is 0 Å². The first-order chi connectivity index (χ1) is 11.2. The fraction of sp³-hybridized carbons (Fsp3) is 0.250. The van der Waals surface area contributed by atoms with E-state index in [0.717, 1.165) is 5.56 Å². The van der Waals surface area contributed by atoms with Crippen molar-refractivity contribution < 1.29 is 9.42 Å². The zero-order valence-corrected chi connectivity index (χ0v) is 12.7. The van der Waals surface area contributed by atoms with Crippen LogP contribution in [0.25, 0.3) is 0 Å². The Labute approximate surface area is 133 Å². The van der Waals surface area contributed by atoms with Gasteiger partial charge in [0, 0.05) is 12.4 Å². The van der Waals surface area contributed by atoms with E-state index >= 15 is 0 Å². The molecule has 0 bridgehead atoms. The van der Waals surface area contributed by atoms with Crippen LogP contribution in [0.2, 0.25) is 0 Å². The van der Waals surface area contributed by atoms with Crippen molar-refractivity contribution in [3.63, 3.8) is 0 Å². The second kappa shape index (κ2) is 6.87. The quantitative estimate of drug-likeness (QED) is 0.748. The van der Waals surface area contributed by atoms with Gasteiger partial charge in [0.05, 0.1) is 19.0 Å². The SMILES string of the molecule is Cc1nonc1CC(=O)NC(Cn1cccn1)c1ccccc1. The van der Waals surface area contributed by atoms with Crippen molar-refractivity contribution in [2.75, 3.05) is 0 Å². The summed E-state index contributed by atoms with van der Waals surface area (Å²) in [6.45, 7) is 2.32. The second-order valence-electron chi connectivity index (χ2n) is 5.23. The highest BCUT2D eigenvalue weighted by atomic mass is 16.6. The fourth-order valence-corrected chi connectivity index (χ4v) is 2.32. The van der Waals surface area contributed by atoms with Crippen LogP contribution in [0.1, 0.15) is 23.0 Å². The first-order valence-corrected chi connectivity index (χ1v) is 7.32. The summed E-state index contributed by atoms with van der Waals surface area (Å²) in [4.78, 5) is 12.3. The monoisotopic (exact) mass is 311 g/mol. The van der Waals surface area contributed by atoms with Gasteiger partial charge < -0.3 is 5.32 Å². The number of rotatable bonds is 6. The highest BCUT2D eigenvalue weighted by molar-refractivity contribution is 5.78. The van der Waals surface area contributed by atoms with Gasteiger partial charge in [0.2, 0.25) is 5.91 Å². The molecule has 1 N–H and O–H groups in total. The van der Waals surface area contributed by atoms with E-state index in [-0.39, 0.29) is 18.4 Å². The predicted molar refractivity (Wildman–Crippen MR) is 82.3 cm³/mol. The maximum atomic E-state index is 12.3. The van der Waals surface area contributed by atoms with E-state index in [0.29, 0.717) is 17.9 Å². The van der Waals surface area contributed by atoms with Crippen LogP contribution in [0.15, 0.2) is 53.4 Å². The van der Waals surface area contributed by atoms with E-state index in [2.05, 4.69) is 25.4 Å². The Morgan fingerprint density at radius 3 is 2.74 bits per heavy atom. The maximum absolute atomic E-state index is 12.3. The number of carbonyl (C=O) groups excluding carboxylic acids is 1. The van der Waals surface area contributed by atoms with Crippen LogP contribution in [0, 0.1) is 6.92 Å². The number of benzene rings is 1. The highest BCUT2D eigenvalue weighted by Crippen LogP contribution is 2.15. The lowest BCUT2D eigenvalue weighted by Crippen LogP contribution is -2.32. The van der Waals surface area contributed by atoms with Crippen molar-refractivity contribution in [2.45, 2.75) is 25.9 Å². The fourth-order valence-electron chi connectivity index (χ4n) is 2.32. The summed E-state index contributed by atoms with van der Waals surface area (Å²) in [5.74, 6) is -0.134. The average Bonchev–Trinajstić information content (AvgIpc) is 3.20. The van der Waals surface area contributed by atoms with Gasteiger partial charge in [-0.05, 0) is 18.6 Å². The molecule has 23 heavy (non-hydrogen) atoms. The van der Waals surface area contributed by atoms with E-state index in [1.54, 1.807) is 17.8 Å². The van der Waals surface area contributed by atoms with E-state index in [1.165, 1.54) is 0 Å². The first-order valence-electron chi connectivity index (χ1n) is 7.32. The topological polar surface area (TPSA) is 85.8 Å². The number of nitrogens with zero attached hydrogens (tertiary/aromatic N) is 4. The molecule has 0 aliphatic carbocycles. The lowest BCUT2D eigenvalue weighted by atomic mass is 10.1. The molecule has 0 saturated carbocycles. The maximum Gasteiger partial charge on any atom is 0.226 e. The highest BCUT2D eigenvalue weighted by Gasteiger charge is 2.17. The van der Waals surface area contributed by atoms with E-state index in [9.17, 15) is 4.79 Å². The first kappa shape index (κ1) is 15.0. The normalized spacial score (nSPS) is 12.0. The molecule has 0 spiro atoms. The lowest BCUT2D eigenvalue weighted by molar-refractivity contribution is -0.121. The smallest absolute Gasteiger partial charge is 0.226 e. The number of nitrogens with one attached hydrogen (secondary N) is 1. The van der Waals surface area contributed by atoms with Crippen LogP contribution < -0.4 is 5.32 Å². The Bertz CT molecular complexity index is 752. The second-order valence-corrected chi connectivity index (χ2v) is 5.23. The predicted octanol–water partition coefficient (Wildman–Crippen LogP) is 1.67. The minimum absolute atomic E-state index is 0.134. The molecule has 2 aromatic heterocycles. The molecule has 0 saturated heterocycles. The number of aryl methyl sites for hydroxylation is 1. The molecular weight excluding hydrogens is 294 g/mol. The van der Waals surface area contributed by atoms with E-state index in [4.69, 9.17) is 0 Å². The van der Waals surface area contributed by atoms with Gasteiger partial charge in [-0.3, -0.25) is 9.48 Å². The summed E-state index contributed by atoms with van der Waals surface area (Å²) in [6, 6.07) is 11.5. The lowest BCUT2D eigenvalue weighted by Gasteiger charge is -2.19. The molecule has 0 fully saturated rings. The third-order valence-corrected chi connectivity index (χ3v) is 3.54. The Morgan fingerprint density at radius 2 is 2.09 bits per heavy atom. The molecule has 2 heterocycles. The number of amides is 1. The minimum atomic E-state index is -0.177. The van der Waals surface area contributed by atoms with Crippen molar-refractivity contribution in [2.24, 2.45) is 0 Å². The molecule has 0 aliphatic rings. The van der Waals surface area contributed by atoms with E-state index < -0.39 is 0 Å². The number of hydrogen-bond acceptors (Lipinski definition) is 5. The van der Waals surface area contributed by atoms with Crippen molar-refractivity contribution >= 4 is 5.91 Å². The molecule has 7 nitrogen and oxygen atoms in total. The summed E-state index contributed by atoms with van der Waals surface area (Å²) in [6.07, 6.45) is 3.72. The molecule has 3 rings (SSSR count). The van der Waals surface area contributed by atoms with Crippen LogP contribution in [0.5, 0.6) is 0 Å². The molecule has 1 amide bonds. The van der Waals surface area contributed by atoms with Crippen LogP contribution in [0.4, 0.5) is 0 Å². The van der Waals surface area contributed by atoms with Crippen LogP contribution in [-0.2, 0) is 17.8 Å². The Hall–Kier alpha value is -2.96. The molecule has 0 radical (unpaired) electrons. The van der Waals surface area contributed by atoms with Gasteiger partial charge in [-0.15, -0.1) is 0 Å². The largest absolute Gasteiger partial charge is 0.347 e. The minimum Gasteiger partial charge on any atom is -0.347 e. The molecular formula is C16H17N5O2. The number of carbonyl (C=O) groups is 1.